The summed E-state index contributed by atoms with van der Waals surface area (Å²) in [5.41, 5.74) is 7.23. The van der Waals surface area contributed by atoms with Gasteiger partial charge < -0.3 is 64.3 Å². The molecule has 40 nitrogen and oxygen atoms in total. The summed E-state index contributed by atoms with van der Waals surface area (Å²) in [5, 5.41) is 23.6. The summed E-state index contributed by atoms with van der Waals surface area (Å²) < 4.78 is 103. The molecular weight excluding hydrogens is 1840 g/mol. The van der Waals surface area contributed by atoms with E-state index in [2.05, 4.69) is 62.0 Å². The van der Waals surface area contributed by atoms with Crippen LogP contribution in [-0.4, -0.2) is 236 Å². The number of carbonyl (C=O) groups is 13. The SMILES string of the molecule is CC(C)(C)OC(=O)N(CC1CC1)c1cc(-c2nc(C(=O)Nc3cn(-c4ccc(C=O)cc4)nc3C(F)F)co2)ccn1.CC(C)(C)OC(=O)N(CC1CC1)c1cc(-c2nc(C(=O)Nc3cn(-c4ccc(CNCCOCCOCCNc5cccc6c5C(=O)N(C5CCC(=O)NC5=O)C6=O)cc4)nc3C(F)F)co2)ccn1.NCCOCCOCCCc1cccc2c1C(=O)N(C1CCC(=O)NC1=O)C2=O. The molecule has 2 atom stereocenters. The number of piperidine rings is 2. The van der Waals surface area contributed by atoms with E-state index in [1.165, 1.54) is 62.1 Å². The number of amides is 12. The molecule has 2 saturated carbocycles. The first-order valence-corrected chi connectivity index (χ1v) is 45.7. The minimum atomic E-state index is -3.00. The summed E-state index contributed by atoms with van der Waals surface area (Å²) in [4.78, 5) is 185. The summed E-state index contributed by atoms with van der Waals surface area (Å²) in [6.07, 6.45) is 6.97. The number of rotatable bonds is 40. The van der Waals surface area contributed by atoms with Crippen LogP contribution in [0.1, 0.15) is 207 Å². The van der Waals surface area contributed by atoms with Crippen LogP contribution in [0.2, 0.25) is 0 Å². The van der Waals surface area contributed by atoms with Crippen LogP contribution in [0.3, 0.4) is 0 Å². The van der Waals surface area contributed by atoms with E-state index in [1.54, 1.807) is 114 Å². The van der Waals surface area contributed by atoms with Crippen molar-refractivity contribution in [1.29, 1.82) is 0 Å². The Morgan fingerprint density at radius 1 is 0.539 bits per heavy atom. The summed E-state index contributed by atoms with van der Waals surface area (Å²) >= 11 is 0. The Kier molecular flexibility index (Phi) is 33.4. The first kappa shape index (κ1) is 102. The summed E-state index contributed by atoms with van der Waals surface area (Å²) in [7, 11) is 0. The molecule has 2 saturated heterocycles. The fourth-order valence-electron chi connectivity index (χ4n) is 15.3. The number of ether oxygens (including phenoxy) is 6. The van der Waals surface area contributed by atoms with Crippen LogP contribution in [0.25, 0.3) is 34.3 Å². The van der Waals surface area contributed by atoms with Crippen LogP contribution in [-0.2, 0) is 60.6 Å². The molecule has 2 unspecified atom stereocenters. The Morgan fingerprint density at radius 2 is 0.993 bits per heavy atom. The van der Waals surface area contributed by atoms with Gasteiger partial charge in [0.1, 0.15) is 53.7 Å². The Bertz CT molecular complexity index is 6260. The van der Waals surface area contributed by atoms with Gasteiger partial charge >= 0.3 is 12.2 Å². The standard InChI is InChI=1S/C48H52F2N10O10.C29H28F2N6O5.C20H25N3O6/c1-48(2,3)70-47(66)58(25-29-7-8-29)37-23-30(15-16-53-37)44-55-35(27-69-44)42(62)54-34-26-59(57-40(34)41(49)50)31-11-9-28(10-12-31)24-51-17-19-67-21-22-68-20-18-52-33-6-4-5-32-39(33)46(65)60(45(32)64)36-13-14-38(61)56-43(36)63;1-29(2,3)42-28(40)36(13-17-4-5-17)23-12-19(10-11-32-23)27-34-22(16-41-27)26(39)33-21-14-37(35-24(21)25(30)31)20-8-6-18(15-38)7-9-20;21-8-10-29-12-11-28-9-2-4-13-3-1-5-14-17(13)20(27)23(19(14)26)15-6-7-16(24)22-18(15)25/h4-6,9-12,15-16,23,26-27,29,36,41,51-52H,7-8,13-14,17-22,24-25H2,1-3H3,(H,54,62)(H,56,61,63);6-12,14-17,25H,4-5,13H2,1-3H3,(H,33,39);1,3,5,15H,2,4,6-12,21H2,(H,22,24,25). The molecule has 6 aliphatic rings. The number of aryl methyl sites for hydroxylation is 1. The Morgan fingerprint density at radius 3 is 1.45 bits per heavy atom. The number of anilines is 5. The molecule has 4 aromatic carbocycles. The monoisotopic (exact) mass is 1950 g/mol. The summed E-state index contributed by atoms with van der Waals surface area (Å²) in [6, 6.07) is 27.6. The molecule has 10 heterocycles. The van der Waals surface area contributed by atoms with Gasteiger partial charge in [0.15, 0.2) is 22.8 Å². The number of pyridine rings is 2. The fraction of sp³-hybridized carbons (Fsp3) is 0.392. The van der Waals surface area contributed by atoms with Gasteiger partial charge in [-0.25, -0.2) is 56.5 Å². The van der Waals surface area contributed by atoms with Gasteiger partial charge in [0.2, 0.25) is 35.4 Å². The van der Waals surface area contributed by atoms with Crippen molar-refractivity contribution < 1.29 is 117 Å². The van der Waals surface area contributed by atoms with Crippen molar-refractivity contribution in [2.24, 2.45) is 17.6 Å². The second kappa shape index (κ2) is 46.2. The van der Waals surface area contributed by atoms with Crippen LogP contribution < -0.4 is 47.4 Å². The predicted octanol–water partition coefficient (Wildman–Crippen LogP) is 12.0. The molecule has 742 valence electrons. The maximum absolute atomic E-state index is 14.2. The number of halogens is 4. The fourth-order valence-corrected chi connectivity index (χ4v) is 15.3. The number of nitrogens with two attached hydrogens (primary N) is 1. The second-order valence-corrected chi connectivity index (χ2v) is 35.5. The minimum Gasteiger partial charge on any atom is -0.444 e. The smallest absolute Gasteiger partial charge is 0.416 e. The van der Waals surface area contributed by atoms with Crippen molar-refractivity contribution in [3.05, 3.63) is 208 Å². The number of hydrogen-bond acceptors (Lipinski definition) is 30. The lowest BCUT2D eigenvalue weighted by Gasteiger charge is -2.27. The molecule has 10 aromatic rings. The first-order valence-electron chi connectivity index (χ1n) is 45.7. The normalized spacial score (nSPS) is 15.7. The number of hydrogen-bond donors (Lipinski definition) is 7. The minimum absolute atomic E-state index is 0.0378. The highest BCUT2D eigenvalue weighted by atomic mass is 19.3. The maximum atomic E-state index is 14.2. The zero-order valence-electron chi connectivity index (χ0n) is 77.9. The van der Waals surface area contributed by atoms with Crippen molar-refractivity contribution in [1.82, 2.24) is 65.2 Å². The highest BCUT2D eigenvalue weighted by molar-refractivity contribution is 6.26. The molecule has 6 aromatic heterocycles. The van der Waals surface area contributed by atoms with Gasteiger partial charge in [-0.2, -0.15) is 10.2 Å². The van der Waals surface area contributed by atoms with Crippen LogP contribution in [0.4, 0.5) is 55.8 Å². The number of oxazole rings is 2. The van der Waals surface area contributed by atoms with Crippen molar-refractivity contribution in [3.63, 3.8) is 0 Å². The van der Waals surface area contributed by atoms with Gasteiger partial charge in [0.25, 0.3) is 48.3 Å². The average molecular weight is 1950 g/mol. The number of nitrogens with one attached hydrogen (secondary N) is 6. The van der Waals surface area contributed by atoms with Gasteiger partial charge in [0.05, 0.1) is 104 Å². The number of benzene rings is 4. The lowest BCUT2D eigenvalue weighted by Crippen LogP contribution is -2.54. The second-order valence-electron chi connectivity index (χ2n) is 35.5. The molecule has 4 fully saturated rings. The molecule has 141 heavy (non-hydrogen) atoms. The molecular formula is C97H105F4N19O21. The Hall–Kier alpha value is -15.0. The number of alkyl halides is 4. The Balaban J connectivity index is 0.000000187. The van der Waals surface area contributed by atoms with Crippen LogP contribution in [0.5, 0.6) is 0 Å². The summed E-state index contributed by atoms with van der Waals surface area (Å²) in [5.74, 6) is -4.34. The molecule has 0 radical (unpaired) electrons. The largest absolute Gasteiger partial charge is 0.444 e. The van der Waals surface area contributed by atoms with Crippen LogP contribution in [0, 0.1) is 11.8 Å². The predicted molar refractivity (Wildman–Crippen MR) is 497 cm³/mol. The van der Waals surface area contributed by atoms with Gasteiger partial charge in [-0.1, -0.05) is 30.3 Å². The Labute approximate surface area is 804 Å². The first-order chi connectivity index (χ1) is 67.7. The molecule has 0 spiro atoms. The zero-order chi connectivity index (χ0) is 100. The third-order valence-corrected chi connectivity index (χ3v) is 22.5. The number of fused-ring (bicyclic) bond motifs is 2. The highest BCUT2D eigenvalue weighted by Gasteiger charge is 2.48. The van der Waals surface area contributed by atoms with Crippen molar-refractivity contribution >= 4 is 106 Å². The van der Waals surface area contributed by atoms with Crippen LogP contribution in [0.15, 0.2) is 155 Å². The molecule has 16 rings (SSSR count). The van der Waals surface area contributed by atoms with E-state index in [-0.39, 0.29) is 78.0 Å². The van der Waals surface area contributed by atoms with E-state index in [4.69, 9.17) is 43.0 Å². The molecule has 12 amide bonds. The van der Waals surface area contributed by atoms with E-state index in [0.29, 0.717) is 173 Å². The maximum Gasteiger partial charge on any atom is 0.416 e. The number of aldehydes is 1. The molecule has 44 heteroatoms. The molecule has 2 aliphatic carbocycles. The molecule has 4 aliphatic heterocycles. The van der Waals surface area contributed by atoms with E-state index in [9.17, 15) is 79.9 Å². The van der Waals surface area contributed by atoms with Crippen molar-refractivity contribution in [2.45, 2.75) is 148 Å². The topological polar surface area (TPSA) is 502 Å². The molecule has 8 N–H and O–H groups in total. The van der Waals surface area contributed by atoms with E-state index in [0.717, 1.165) is 59.1 Å². The number of nitrogens with zero attached hydrogens (tertiary/aromatic N) is 12. The van der Waals surface area contributed by atoms with Gasteiger partial charge in [0, 0.05) is 93.5 Å². The molecule has 0 bridgehead atoms. The zero-order valence-corrected chi connectivity index (χ0v) is 77.9. The van der Waals surface area contributed by atoms with Gasteiger partial charge in [-0.15, -0.1) is 0 Å². The average Bonchev–Trinajstić information content (AvgIpc) is 1.60. The highest BCUT2D eigenvalue weighted by Crippen LogP contribution is 2.39. The van der Waals surface area contributed by atoms with E-state index < -0.39 is 119 Å². The lowest BCUT2D eigenvalue weighted by molar-refractivity contribution is -0.137. The third-order valence-electron chi connectivity index (χ3n) is 22.5. The van der Waals surface area contributed by atoms with E-state index >= 15 is 0 Å². The van der Waals surface area contributed by atoms with E-state index in [1.807, 2.05) is 18.2 Å². The van der Waals surface area contributed by atoms with Crippen LogP contribution >= 0.6 is 0 Å². The van der Waals surface area contributed by atoms with Crippen molar-refractivity contribution in [3.8, 4) is 34.3 Å². The number of imide groups is 4. The van der Waals surface area contributed by atoms with Crippen molar-refractivity contribution in [2.75, 3.05) is 111 Å². The van der Waals surface area contributed by atoms with Gasteiger partial charge in [-0.05, 0) is 195 Å². The number of carbonyl (C=O) groups excluding carboxylic acids is 13. The lowest BCUT2D eigenvalue weighted by atomic mass is 9.99. The summed E-state index contributed by atoms with van der Waals surface area (Å²) in [6.45, 7) is 16.7. The number of aromatic nitrogens is 8. The third kappa shape index (κ3) is 26.5. The quantitative estimate of drug-likeness (QED) is 0.00811. The van der Waals surface area contributed by atoms with Gasteiger partial charge in [-0.3, -0.25) is 83.0 Å².